The number of pyridine rings is 1. The number of benzene rings is 2. The van der Waals surface area contributed by atoms with Crippen molar-refractivity contribution in [3.05, 3.63) is 78.0 Å². The summed E-state index contributed by atoms with van der Waals surface area (Å²) in [6, 6.07) is 15.8. The molecule has 0 aliphatic carbocycles. The fraction of sp³-hybridized carbons (Fsp3) is 0.474. The molecule has 0 radical (unpaired) electrons. The number of carbonyl (C=O) groups is 3. The number of likely N-dealkylation sites (tertiary alicyclic amines) is 2. The third-order valence-corrected chi connectivity index (χ3v) is 8.96. The number of carbonyl (C=O) groups excluding carboxylic acids is 3. The van der Waals surface area contributed by atoms with Gasteiger partial charge < -0.3 is 24.8 Å². The minimum Gasteiger partial charge on any atom is -0.444 e. The maximum absolute atomic E-state index is 14.6. The summed E-state index contributed by atoms with van der Waals surface area (Å²) >= 11 is 0. The Morgan fingerprint density at radius 1 is 1.00 bits per heavy atom. The number of rotatable bonds is 7. The van der Waals surface area contributed by atoms with Crippen LogP contribution < -0.4 is 10.2 Å². The van der Waals surface area contributed by atoms with E-state index in [4.69, 9.17) is 9.72 Å². The lowest BCUT2D eigenvalue weighted by atomic mass is 9.89. The van der Waals surface area contributed by atoms with Crippen LogP contribution in [0.5, 0.6) is 0 Å². The average molecular weight is 655 g/mol. The maximum Gasteiger partial charge on any atom is 0.410 e. The molecule has 2 saturated heterocycles. The summed E-state index contributed by atoms with van der Waals surface area (Å²) in [5.74, 6) is 0.746. The molecule has 2 aliphatic heterocycles. The first kappa shape index (κ1) is 34.9. The molecule has 1 N–H and O–H groups in total. The van der Waals surface area contributed by atoms with Crippen molar-refractivity contribution >= 4 is 40.3 Å². The Bertz CT molecular complexity index is 1630. The molecule has 10 heteroatoms. The zero-order chi connectivity index (χ0) is 34.4. The first-order chi connectivity index (χ1) is 22.9. The first-order valence-electron chi connectivity index (χ1n) is 17.0. The van der Waals surface area contributed by atoms with Crippen molar-refractivity contribution in [2.75, 3.05) is 57.0 Å². The van der Waals surface area contributed by atoms with Crippen LogP contribution in [0.1, 0.15) is 63.5 Å². The van der Waals surface area contributed by atoms with E-state index >= 15 is 0 Å². The summed E-state index contributed by atoms with van der Waals surface area (Å²) in [6.45, 7) is 10.5. The van der Waals surface area contributed by atoms with Gasteiger partial charge in [0.05, 0.1) is 6.04 Å². The summed E-state index contributed by atoms with van der Waals surface area (Å²) < 4.78 is 5.72. The minimum atomic E-state index is -0.605. The van der Waals surface area contributed by atoms with Crippen LogP contribution in [0.15, 0.2) is 66.9 Å². The van der Waals surface area contributed by atoms with Crippen LogP contribution in [0.25, 0.3) is 10.8 Å². The van der Waals surface area contributed by atoms with Gasteiger partial charge >= 0.3 is 12.1 Å². The van der Waals surface area contributed by atoms with Gasteiger partial charge in [0, 0.05) is 56.1 Å². The molecule has 5 rings (SSSR count). The lowest BCUT2D eigenvalue weighted by molar-refractivity contribution is -0.111. The highest BCUT2D eigenvalue weighted by atomic mass is 16.6. The van der Waals surface area contributed by atoms with Crippen LogP contribution in [-0.2, 0) is 9.53 Å². The molecule has 256 valence electrons. The van der Waals surface area contributed by atoms with Gasteiger partial charge in [0.15, 0.2) is 0 Å². The molecular formula is C38H50N6O4. The van der Waals surface area contributed by atoms with Gasteiger partial charge in [-0.25, -0.2) is 14.6 Å². The van der Waals surface area contributed by atoms with E-state index in [1.807, 2.05) is 105 Å². The molecule has 2 aliphatic rings. The number of aromatic nitrogens is 1. The summed E-state index contributed by atoms with van der Waals surface area (Å²) in [5, 5.41) is 4.95. The van der Waals surface area contributed by atoms with Gasteiger partial charge in [-0.05, 0) is 108 Å². The fourth-order valence-corrected chi connectivity index (χ4v) is 6.63. The van der Waals surface area contributed by atoms with Gasteiger partial charge in [-0.2, -0.15) is 0 Å². The second-order valence-electron chi connectivity index (χ2n) is 14.2. The number of amides is 4. The quantitative estimate of drug-likeness (QED) is 0.281. The molecule has 3 aromatic rings. The Morgan fingerprint density at radius 2 is 1.75 bits per heavy atom. The number of hydrogen-bond donors (Lipinski definition) is 1. The van der Waals surface area contributed by atoms with Crippen LogP contribution >= 0.6 is 0 Å². The number of ether oxygens (including phenoxy) is 1. The average Bonchev–Trinajstić information content (AvgIpc) is 3.04. The van der Waals surface area contributed by atoms with E-state index in [9.17, 15) is 14.4 Å². The minimum absolute atomic E-state index is 0.0849. The summed E-state index contributed by atoms with van der Waals surface area (Å²) in [4.78, 5) is 52.5. The summed E-state index contributed by atoms with van der Waals surface area (Å²) in [7, 11) is 3.92. The molecule has 10 nitrogen and oxygen atoms in total. The predicted octanol–water partition coefficient (Wildman–Crippen LogP) is 6.81. The highest BCUT2D eigenvalue weighted by Gasteiger charge is 2.38. The second kappa shape index (κ2) is 15.2. The third kappa shape index (κ3) is 8.72. The standard InChI is InChI=1S/C38H50N6O4/c1-27-11-7-12-29-17-20-39-35(34(27)29)44(32-15-9-22-43(26-32)37(47)48-38(2,3)4)36(46)42-23-18-28(19-24-42)30-13-8-14-31(25-30)40-33(45)16-10-21-41(5)6/h7-8,10-14,16-17,20,25,28,32H,9,15,18-19,21-24,26H2,1-6H3,(H,40,45)/b16-10+/t32-/m1/s1. The number of nitrogens with zero attached hydrogens (tertiary/aromatic N) is 5. The van der Waals surface area contributed by atoms with Gasteiger partial charge in [0.2, 0.25) is 5.91 Å². The van der Waals surface area contributed by atoms with E-state index in [2.05, 4.69) is 11.4 Å². The Kier molecular flexibility index (Phi) is 11.0. The topological polar surface area (TPSA) is 98.3 Å². The van der Waals surface area contributed by atoms with Crippen molar-refractivity contribution in [1.82, 2.24) is 19.7 Å². The Balaban J connectivity index is 1.34. The van der Waals surface area contributed by atoms with E-state index in [-0.39, 0.29) is 30.0 Å². The highest BCUT2D eigenvalue weighted by molar-refractivity contribution is 6.03. The van der Waals surface area contributed by atoms with Crippen molar-refractivity contribution in [2.45, 2.75) is 70.9 Å². The molecule has 2 aromatic carbocycles. The first-order valence-corrected chi connectivity index (χ1v) is 17.0. The van der Waals surface area contributed by atoms with E-state index in [1.165, 1.54) is 0 Å². The summed E-state index contributed by atoms with van der Waals surface area (Å²) in [6.07, 6.45) is 7.94. The van der Waals surface area contributed by atoms with E-state index in [1.54, 1.807) is 17.2 Å². The van der Waals surface area contributed by atoms with Gasteiger partial charge in [-0.1, -0.05) is 36.4 Å². The maximum atomic E-state index is 14.6. The monoisotopic (exact) mass is 654 g/mol. The number of hydrogen-bond acceptors (Lipinski definition) is 6. The van der Waals surface area contributed by atoms with E-state index < -0.39 is 5.60 Å². The van der Waals surface area contributed by atoms with Gasteiger partial charge in [0.1, 0.15) is 11.4 Å². The number of fused-ring (bicyclic) bond motifs is 1. The van der Waals surface area contributed by atoms with Crippen LogP contribution in [0.2, 0.25) is 0 Å². The molecule has 1 aromatic heterocycles. The molecule has 48 heavy (non-hydrogen) atoms. The number of aryl methyl sites for hydroxylation is 1. The lowest BCUT2D eigenvalue weighted by Crippen LogP contribution is -2.56. The van der Waals surface area contributed by atoms with Crippen molar-refractivity contribution < 1.29 is 19.1 Å². The molecule has 0 unspecified atom stereocenters. The zero-order valence-corrected chi connectivity index (χ0v) is 29.2. The number of piperidine rings is 2. The van der Waals surface area contributed by atoms with E-state index in [0.29, 0.717) is 38.5 Å². The van der Waals surface area contributed by atoms with Crippen LogP contribution in [0, 0.1) is 6.92 Å². The smallest absolute Gasteiger partial charge is 0.410 e. The molecule has 0 saturated carbocycles. The van der Waals surface area contributed by atoms with Crippen LogP contribution in [-0.4, -0.2) is 96.2 Å². The van der Waals surface area contributed by atoms with Crippen molar-refractivity contribution in [2.24, 2.45) is 0 Å². The highest BCUT2D eigenvalue weighted by Crippen LogP contribution is 2.35. The second-order valence-corrected chi connectivity index (χ2v) is 14.2. The van der Waals surface area contributed by atoms with Gasteiger partial charge in [-0.3, -0.25) is 9.69 Å². The number of likely N-dealkylation sites (N-methyl/N-ethyl adjacent to an activating group) is 1. The number of urea groups is 1. The number of nitrogens with one attached hydrogen (secondary N) is 1. The normalized spacial score (nSPS) is 17.6. The molecule has 1 atom stereocenters. The number of anilines is 2. The molecule has 2 fully saturated rings. The fourth-order valence-electron chi connectivity index (χ4n) is 6.63. The van der Waals surface area contributed by atoms with Crippen LogP contribution in [0.4, 0.5) is 21.1 Å². The van der Waals surface area contributed by atoms with Gasteiger partial charge in [-0.15, -0.1) is 0 Å². The molecule has 3 heterocycles. The molecule has 4 amide bonds. The molecule has 0 spiro atoms. The SMILES string of the molecule is Cc1cccc2ccnc(N(C(=O)N3CCC(c4cccc(NC(=O)/C=C/CN(C)C)c4)CC3)[C@@H]3CCCN(C(=O)OC(C)(C)C)C3)c12. The zero-order valence-electron chi connectivity index (χ0n) is 29.2. The Hall–Kier alpha value is -4.44. The Labute approximate surface area is 284 Å². The van der Waals surface area contributed by atoms with E-state index in [0.717, 1.165) is 53.3 Å². The Morgan fingerprint density at radius 3 is 2.48 bits per heavy atom. The largest absolute Gasteiger partial charge is 0.444 e. The summed E-state index contributed by atoms with van der Waals surface area (Å²) in [5.41, 5.74) is 2.36. The van der Waals surface area contributed by atoms with Crippen molar-refractivity contribution in [1.29, 1.82) is 0 Å². The van der Waals surface area contributed by atoms with Crippen LogP contribution in [0.3, 0.4) is 0 Å². The van der Waals surface area contributed by atoms with Gasteiger partial charge in [0.25, 0.3) is 0 Å². The molecule has 0 bridgehead atoms. The predicted molar refractivity (Wildman–Crippen MR) is 191 cm³/mol. The lowest BCUT2D eigenvalue weighted by Gasteiger charge is -2.42. The molecular weight excluding hydrogens is 604 g/mol. The van der Waals surface area contributed by atoms with Crippen molar-refractivity contribution in [3.8, 4) is 0 Å². The third-order valence-electron chi connectivity index (χ3n) is 8.96. The van der Waals surface area contributed by atoms with Crippen molar-refractivity contribution in [3.63, 3.8) is 0 Å².